The van der Waals surface area contributed by atoms with Gasteiger partial charge in [0, 0.05) is 7.05 Å². The molecule has 0 saturated heterocycles. The van der Waals surface area contributed by atoms with Crippen molar-refractivity contribution in [2.24, 2.45) is 0 Å². The normalized spacial score (nSPS) is 13.2. The van der Waals surface area contributed by atoms with Gasteiger partial charge in [0.15, 0.2) is 11.6 Å². The molecule has 0 N–H and O–H groups in total. The van der Waals surface area contributed by atoms with Gasteiger partial charge in [-0.1, -0.05) is 0 Å². The molecule has 0 amide bonds. The Labute approximate surface area is 131 Å². The van der Waals surface area contributed by atoms with Crippen LogP contribution in [0.4, 0.5) is 10.2 Å². The molecular formula is C16H15FN2O4. The zero-order chi connectivity index (χ0) is 16.4. The molecule has 0 saturated carbocycles. The number of hydrogen-bond acceptors (Lipinski definition) is 5. The molecule has 0 fully saturated rings. The van der Waals surface area contributed by atoms with Crippen LogP contribution in [0.15, 0.2) is 35.1 Å². The standard InChI is InChI=1S/C16H15FN2O4/c1-18-6-7-23-14-8-11(9-22-10-20)16(21)19(15(14)18)13-4-2-12(17)3-5-13/h2-5,8,10H,6-7,9H2,1H3. The van der Waals surface area contributed by atoms with Gasteiger partial charge in [0.1, 0.15) is 19.0 Å². The highest BCUT2D eigenvalue weighted by molar-refractivity contribution is 5.60. The van der Waals surface area contributed by atoms with Crippen LogP contribution in [0.25, 0.3) is 5.69 Å². The molecule has 0 atom stereocenters. The first kappa shape index (κ1) is 15.1. The lowest BCUT2D eigenvalue weighted by molar-refractivity contribution is -0.129. The molecule has 1 aliphatic heterocycles. The van der Waals surface area contributed by atoms with Gasteiger partial charge in [-0.25, -0.2) is 4.39 Å². The Bertz CT molecular complexity index is 786. The van der Waals surface area contributed by atoms with Gasteiger partial charge in [0.2, 0.25) is 0 Å². The lowest BCUT2D eigenvalue weighted by atomic mass is 10.2. The van der Waals surface area contributed by atoms with E-state index in [2.05, 4.69) is 0 Å². The second-order valence-electron chi connectivity index (χ2n) is 5.15. The van der Waals surface area contributed by atoms with Crippen LogP contribution in [0.2, 0.25) is 0 Å². The number of aromatic nitrogens is 1. The van der Waals surface area contributed by atoms with Crippen molar-refractivity contribution in [3.8, 4) is 11.4 Å². The van der Waals surface area contributed by atoms with Gasteiger partial charge in [-0.3, -0.25) is 14.2 Å². The minimum atomic E-state index is -0.388. The molecule has 23 heavy (non-hydrogen) atoms. The van der Waals surface area contributed by atoms with Crippen LogP contribution >= 0.6 is 0 Å². The number of anilines is 1. The number of carbonyl (C=O) groups is 1. The highest BCUT2D eigenvalue weighted by Gasteiger charge is 2.23. The van der Waals surface area contributed by atoms with E-state index in [-0.39, 0.29) is 30.0 Å². The highest BCUT2D eigenvalue weighted by atomic mass is 19.1. The first-order valence-corrected chi connectivity index (χ1v) is 7.06. The molecule has 3 rings (SSSR count). The molecule has 0 radical (unpaired) electrons. The molecule has 2 heterocycles. The highest BCUT2D eigenvalue weighted by Crippen LogP contribution is 2.32. The smallest absolute Gasteiger partial charge is 0.293 e. The summed E-state index contributed by atoms with van der Waals surface area (Å²) in [5, 5.41) is 0. The van der Waals surface area contributed by atoms with Crippen LogP contribution in [0.1, 0.15) is 5.56 Å². The fourth-order valence-corrected chi connectivity index (χ4v) is 2.55. The molecular weight excluding hydrogens is 303 g/mol. The van der Waals surface area contributed by atoms with E-state index < -0.39 is 0 Å². The average Bonchev–Trinajstić information content (AvgIpc) is 2.55. The monoisotopic (exact) mass is 318 g/mol. The number of fused-ring (bicyclic) bond motifs is 1. The molecule has 120 valence electrons. The molecule has 1 aromatic heterocycles. The fraction of sp³-hybridized carbons (Fsp3) is 0.250. The van der Waals surface area contributed by atoms with Crippen molar-refractivity contribution < 1.29 is 18.7 Å². The second-order valence-corrected chi connectivity index (χ2v) is 5.15. The molecule has 1 aliphatic rings. The minimum Gasteiger partial charge on any atom is -0.488 e. The molecule has 6 nitrogen and oxygen atoms in total. The first-order chi connectivity index (χ1) is 11.1. The number of hydrogen-bond donors (Lipinski definition) is 0. The van der Waals surface area contributed by atoms with E-state index in [4.69, 9.17) is 9.47 Å². The summed E-state index contributed by atoms with van der Waals surface area (Å²) >= 11 is 0. The summed E-state index contributed by atoms with van der Waals surface area (Å²) in [5.41, 5.74) is 0.461. The Morgan fingerprint density at radius 3 is 2.78 bits per heavy atom. The molecule has 7 heteroatoms. The summed E-state index contributed by atoms with van der Waals surface area (Å²) in [4.78, 5) is 25.1. The van der Waals surface area contributed by atoms with E-state index in [1.807, 2.05) is 11.9 Å². The Kier molecular flexibility index (Phi) is 4.01. The van der Waals surface area contributed by atoms with Crippen LogP contribution in [-0.4, -0.2) is 31.2 Å². The van der Waals surface area contributed by atoms with Crippen molar-refractivity contribution in [1.29, 1.82) is 0 Å². The number of nitrogens with zero attached hydrogens (tertiary/aromatic N) is 2. The number of halogens is 1. The van der Waals surface area contributed by atoms with Gasteiger partial charge >= 0.3 is 0 Å². The van der Waals surface area contributed by atoms with Crippen LogP contribution in [0, 0.1) is 5.82 Å². The predicted molar refractivity (Wildman–Crippen MR) is 81.6 cm³/mol. The zero-order valence-electron chi connectivity index (χ0n) is 12.5. The number of pyridine rings is 1. The zero-order valence-corrected chi connectivity index (χ0v) is 12.5. The summed E-state index contributed by atoms with van der Waals surface area (Å²) in [5.74, 6) is 0.718. The number of benzene rings is 1. The van der Waals surface area contributed by atoms with E-state index in [1.165, 1.54) is 28.8 Å². The number of ether oxygens (including phenoxy) is 2. The number of rotatable bonds is 4. The van der Waals surface area contributed by atoms with Crippen LogP contribution in [0.5, 0.6) is 5.75 Å². The maximum atomic E-state index is 13.2. The Hall–Kier alpha value is -2.83. The van der Waals surface area contributed by atoms with Crippen molar-refractivity contribution in [2.75, 3.05) is 25.1 Å². The van der Waals surface area contributed by atoms with Crippen LogP contribution in [0.3, 0.4) is 0 Å². The van der Waals surface area contributed by atoms with Crippen molar-refractivity contribution in [1.82, 2.24) is 4.57 Å². The lowest BCUT2D eigenvalue weighted by Gasteiger charge is -2.30. The molecule has 1 aromatic carbocycles. The van der Waals surface area contributed by atoms with Gasteiger partial charge in [-0.15, -0.1) is 0 Å². The summed E-state index contributed by atoms with van der Waals surface area (Å²) < 4.78 is 25.0. The van der Waals surface area contributed by atoms with Crippen molar-refractivity contribution in [3.63, 3.8) is 0 Å². The quantitative estimate of drug-likeness (QED) is 0.799. The number of carbonyl (C=O) groups excluding carboxylic acids is 1. The SMILES string of the molecule is CN1CCOc2cc(COC=O)c(=O)n(-c3ccc(F)cc3)c21. The van der Waals surface area contributed by atoms with E-state index in [0.717, 1.165) is 0 Å². The van der Waals surface area contributed by atoms with E-state index >= 15 is 0 Å². The van der Waals surface area contributed by atoms with Crippen molar-refractivity contribution in [3.05, 3.63) is 52.1 Å². The van der Waals surface area contributed by atoms with E-state index in [1.54, 1.807) is 6.07 Å². The third kappa shape index (κ3) is 2.77. The first-order valence-electron chi connectivity index (χ1n) is 7.06. The maximum Gasteiger partial charge on any atom is 0.293 e. The summed E-state index contributed by atoms with van der Waals surface area (Å²) in [6.07, 6.45) is 0. The Morgan fingerprint density at radius 1 is 1.35 bits per heavy atom. The molecule has 0 unspecified atom stereocenters. The summed E-state index contributed by atoms with van der Waals surface area (Å²) in [7, 11) is 1.85. The van der Waals surface area contributed by atoms with E-state index in [0.29, 0.717) is 30.4 Å². The topological polar surface area (TPSA) is 60.8 Å². The van der Waals surface area contributed by atoms with Gasteiger partial charge in [-0.2, -0.15) is 0 Å². The van der Waals surface area contributed by atoms with Crippen molar-refractivity contribution in [2.45, 2.75) is 6.61 Å². The molecule has 0 spiro atoms. The van der Waals surface area contributed by atoms with Gasteiger partial charge in [0.25, 0.3) is 12.0 Å². The van der Waals surface area contributed by atoms with Gasteiger partial charge in [-0.05, 0) is 30.3 Å². The summed E-state index contributed by atoms with van der Waals surface area (Å²) in [6.45, 7) is 1.24. The predicted octanol–water partition coefficient (Wildman–Crippen LogP) is 1.48. The summed E-state index contributed by atoms with van der Waals surface area (Å²) in [6, 6.07) is 7.18. The molecule has 0 bridgehead atoms. The van der Waals surface area contributed by atoms with Crippen LogP contribution in [-0.2, 0) is 16.1 Å². The lowest BCUT2D eigenvalue weighted by Crippen LogP contribution is -2.36. The minimum absolute atomic E-state index is 0.149. The number of likely N-dealkylation sites (N-methyl/N-ethyl adjacent to an activating group) is 1. The van der Waals surface area contributed by atoms with Gasteiger partial charge in [0.05, 0.1) is 17.8 Å². The third-order valence-electron chi connectivity index (χ3n) is 3.65. The second kappa shape index (κ2) is 6.12. The van der Waals surface area contributed by atoms with E-state index in [9.17, 15) is 14.0 Å². The molecule has 0 aliphatic carbocycles. The largest absolute Gasteiger partial charge is 0.488 e. The fourth-order valence-electron chi connectivity index (χ4n) is 2.55. The van der Waals surface area contributed by atoms with Crippen molar-refractivity contribution >= 4 is 12.3 Å². The maximum absolute atomic E-state index is 13.2. The Morgan fingerprint density at radius 2 is 2.09 bits per heavy atom. The van der Waals surface area contributed by atoms with Crippen LogP contribution < -0.4 is 15.2 Å². The average molecular weight is 318 g/mol. The Balaban J connectivity index is 2.23. The third-order valence-corrected chi connectivity index (χ3v) is 3.65. The van der Waals surface area contributed by atoms with Gasteiger partial charge < -0.3 is 14.4 Å². The molecule has 2 aromatic rings.